The number of aromatic nitrogens is 1. The molecule has 9 heteroatoms. The number of hydrogen-bond donors (Lipinski definition) is 4. The molecule has 1 aromatic carbocycles. The Morgan fingerprint density at radius 2 is 1.95 bits per heavy atom. The van der Waals surface area contributed by atoms with Crippen molar-refractivity contribution in [3.63, 3.8) is 0 Å². The first-order valence-electron chi connectivity index (χ1n) is 13.3. The highest BCUT2D eigenvalue weighted by atomic mass is 32.1. The van der Waals surface area contributed by atoms with Crippen molar-refractivity contribution in [3.05, 3.63) is 40.4 Å². The molecule has 0 aliphatic heterocycles. The van der Waals surface area contributed by atoms with E-state index in [-0.39, 0.29) is 42.1 Å². The van der Waals surface area contributed by atoms with Crippen LogP contribution >= 0.6 is 11.3 Å². The smallest absolute Gasteiger partial charge is 0.231 e. The van der Waals surface area contributed by atoms with E-state index in [1.54, 1.807) is 7.11 Å². The summed E-state index contributed by atoms with van der Waals surface area (Å²) in [5.74, 6) is 0.241. The van der Waals surface area contributed by atoms with Crippen molar-refractivity contribution in [3.8, 4) is 5.75 Å². The molecule has 0 bridgehead atoms. The fraction of sp³-hybridized carbons (Fsp3) is 0.621. The summed E-state index contributed by atoms with van der Waals surface area (Å²) in [5, 5.41) is 27.9. The normalized spacial score (nSPS) is 28.7. The Balaban J connectivity index is 1.66. The fourth-order valence-corrected chi connectivity index (χ4v) is 7.35. The number of thiazole rings is 1. The van der Waals surface area contributed by atoms with Gasteiger partial charge in [-0.3, -0.25) is 9.59 Å². The lowest BCUT2D eigenvalue weighted by Gasteiger charge is -2.58. The Labute approximate surface area is 229 Å². The van der Waals surface area contributed by atoms with E-state index in [4.69, 9.17) is 9.72 Å². The number of carbonyl (C=O) groups is 2. The molecule has 38 heavy (non-hydrogen) atoms. The molecular formula is C29H41N3O5S. The predicted octanol–water partition coefficient (Wildman–Crippen LogP) is 4.26. The number of aliphatic hydroxyl groups excluding tert-OH is 2. The molecule has 8 nitrogen and oxygen atoms in total. The number of anilines is 1. The van der Waals surface area contributed by atoms with E-state index in [0.29, 0.717) is 24.5 Å². The summed E-state index contributed by atoms with van der Waals surface area (Å²) >= 11 is 1.44. The summed E-state index contributed by atoms with van der Waals surface area (Å²) in [6.07, 6.45) is 1.52. The average Bonchev–Trinajstić information content (AvgIpc) is 3.28. The summed E-state index contributed by atoms with van der Waals surface area (Å²) in [7, 11) is 1.61. The van der Waals surface area contributed by atoms with Crippen LogP contribution in [0.5, 0.6) is 5.75 Å². The van der Waals surface area contributed by atoms with Crippen molar-refractivity contribution in [2.45, 2.75) is 78.9 Å². The van der Waals surface area contributed by atoms with Gasteiger partial charge in [0.2, 0.25) is 11.8 Å². The van der Waals surface area contributed by atoms with Crippen molar-refractivity contribution in [2.24, 2.45) is 22.2 Å². The quantitative estimate of drug-likeness (QED) is 0.414. The van der Waals surface area contributed by atoms with Crippen LogP contribution in [0.2, 0.25) is 0 Å². The number of benzene rings is 1. The third-order valence-corrected chi connectivity index (χ3v) is 9.86. The molecule has 2 aliphatic carbocycles. The SMILES string of the molecule is COc1ccccc1CNC(=O)CC1c2nc(NC(=O)C(C)(C)C)sc2CC2C(C)(CO)C(O)CCC12C. The van der Waals surface area contributed by atoms with Crippen molar-refractivity contribution >= 4 is 28.3 Å². The lowest BCUT2D eigenvalue weighted by atomic mass is 9.47. The molecule has 1 fully saturated rings. The Morgan fingerprint density at radius 1 is 1.24 bits per heavy atom. The number of hydrogen-bond acceptors (Lipinski definition) is 7. The molecule has 1 heterocycles. The largest absolute Gasteiger partial charge is 0.496 e. The highest BCUT2D eigenvalue weighted by Gasteiger charge is 2.59. The number of amides is 2. The number of nitrogens with one attached hydrogen (secondary N) is 2. The molecular weight excluding hydrogens is 502 g/mol. The lowest BCUT2D eigenvalue weighted by Crippen LogP contribution is -2.57. The first kappa shape index (κ1) is 28.5. The van der Waals surface area contributed by atoms with E-state index in [2.05, 4.69) is 17.6 Å². The molecule has 5 atom stereocenters. The zero-order valence-corrected chi connectivity index (χ0v) is 24.1. The number of ether oxygens (including phenoxy) is 1. The van der Waals surface area contributed by atoms with Gasteiger partial charge in [-0.15, -0.1) is 11.3 Å². The standard InChI is InChI=1S/C29H41N3O5S/c1-27(2,3)25(36)32-26-31-24-18(13-23(35)30-15-17-9-7-8-10-19(17)37-6)28(4)12-11-22(34)29(5,16-33)21(28)14-20(24)38-26/h7-10,18,21-22,33-34H,11-16H2,1-6H3,(H,30,35)(H,31,32,36). The maximum absolute atomic E-state index is 13.4. The molecule has 5 unspecified atom stereocenters. The van der Waals surface area contributed by atoms with Crippen LogP contribution in [0, 0.1) is 22.2 Å². The Morgan fingerprint density at radius 3 is 2.61 bits per heavy atom. The van der Waals surface area contributed by atoms with Gasteiger partial charge in [-0.25, -0.2) is 4.98 Å². The second-order valence-electron chi connectivity index (χ2n) is 12.4. The zero-order chi connectivity index (χ0) is 27.9. The minimum Gasteiger partial charge on any atom is -0.496 e. The number of methoxy groups -OCH3 is 1. The lowest BCUT2D eigenvalue weighted by molar-refractivity contribution is -0.144. The first-order valence-corrected chi connectivity index (χ1v) is 14.1. The van der Waals surface area contributed by atoms with Crippen LogP contribution in [0.4, 0.5) is 5.13 Å². The molecule has 208 valence electrons. The van der Waals surface area contributed by atoms with Gasteiger partial charge in [0.15, 0.2) is 5.13 Å². The van der Waals surface area contributed by atoms with Gasteiger partial charge >= 0.3 is 0 Å². The van der Waals surface area contributed by atoms with E-state index in [1.807, 2.05) is 52.0 Å². The van der Waals surface area contributed by atoms with Crippen LogP contribution in [-0.4, -0.2) is 46.8 Å². The van der Waals surface area contributed by atoms with Crippen molar-refractivity contribution in [1.29, 1.82) is 0 Å². The van der Waals surface area contributed by atoms with E-state index in [9.17, 15) is 19.8 Å². The zero-order valence-electron chi connectivity index (χ0n) is 23.3. The van der Waals surface area contributed by atoms with Gasteiger partial charge in [-0.2, -0.15) is 0 Å². The number of nitrogens with zero attached hydrogens (tertiary/aromatic N) is 1. The molecule has 4 rings (SSSR count). The van der Waals surface area contributed by atoms with Crippen LogP contribution in [0.15, 0.2) is 24.3 Å². The van der Waals surface area contributed by atoms with E-state index in [0.717, 1.165) is 28.3 Å². The van der Waals surface area contributed by atoms with Crippen molar-refractivity contribution < 1.29 is 24.5 Å². The Bertz CT molecular complexity index is 1190. The molecule has 0 saturated heterocycles. The highest BCUT2D eigenvalue weighted by Crippen LogP contribution is 2.62. The van der Waals surface area contributed by atoms with Gasteiger partial charge in [0.1, 0.15) is 5.75 Å². The number of rotatable bonds is 7. The summed E-state index contributed by atoms with van der Waals surface area (Å²) in [5.41, 5.74) is 0.123. The monoisotopic (exact) mass is 543 g/mol. The molecule has 0 radical (unpaired) electrons. The maximum Gasteiger partial charge on any atom is 0.231 e. The van der Waals surface area contributed by atoms with Gasteiger partial charge in [0.05, 0.1) is 25.5 Å². The summed E-state index contributed by atoms with van der Waals surface area (Å²) in [6.45, 7) is 9.90. The van der Waals surface area contributed by atoms with E-state index < -0.39 is 16.9 Å². The summed E-state index contributed by atoms with van der Waals surface area (Å²) in [4.78, 5) is 32.0. The maximum atomic E-state index is 13.4. The van der Waals surface area contributed by atoms with Gasteiger partial charge in [-0.1, -0.05) is 52.8 Å². The molecule has 2 amide bonds. The number of para-hydroxylation sites is 1. The van der Waals surface area contributed by atoms with Crippen LogP contribution in [0.1, 0.15) is 75.9 Å². The molecule has 4 N–H and O–H groups in total. The number of fused-ring (bicyclic) bond motifs is 2. The van der Waals surface area contributed by atoms with Crippen LogP contribution in [-0.2, 0) is 22.6 Å². The van der Waals surface area contributed by atoms with Crippen LogP contribution in [0.25, 0.3) is 0 Å². The minimum atomic E-state index is -0.699. The molecule has 2 aliphatic rings. The van der Waals surface area contributed by atoms with Gasteiger partial charge in [-0.05, 0) is 36.7 Å². The van der Waals surface area contributed by atoms with Crippen LogP contribution in [0.3, 0.4) is 0 Å². The highest BCUT2D eigenvalue weighted by molar-refractivity contribution is 7.15. The van der Waals surface area contributed by atoms with Gasteiger partial charge < -0.3 is 25.6 Å². The molecule has 2 aromatic rings. The van der Waals surface area contributed by atoms with Crippen molar-refractivity contribution in [2.75, 3.05) is 19.0 Å². The Kier molecular flexibility index (Phi) is 7.94. The van der Waals surface area contributed by atoms with Crippen LogP contribution < -0.4 is 15.4 Å². The average molecular weight is 544 g/mol. The van der Waals surface area contributed by atoms with E-state index >= 15 is 0 Å². The third kappa shape index (κ3) is 5.20. The second kappa shape index (κ2) is 10.6. The van der Waals surface area contributed by atoms with Gasteiger partial charge in [0, 0.05) is 40.2 Å². The Hall–Kier alpha value is -2.49. The molecule has 1 saturated carbocycles. The summed E-state index contributed by atoms with van der Waals surface area (Å²) < 4.78 is 5.42. The van der Waals surface area contributed by atoms with Gasteiger partial charge in [0.25, 0.3) is 0 Å². The predicted molar refractivity (Wildman–Crippen MR) is 148 cm³/mol. The second-order valence-corrected chi connectivity index (χ2v) is 13.4. The molecule has 0 spiro atoms. The first-order chi connectivity index (χ1) is 17.8. The fourth-order valence-electron chi connectivity index (χ4n) is 6.28. The third-order valence-electron chi connectivity index (χ3n) is 8.85. The van der Waals surface area contributed by atoms with Crippen molar-refractivity contribution in [1.82, 2.24) is 10.3 Å². The number of aliphatic hydroxyl groups is 2. The topological polar surface area (TPSA) is 121 Å². The summed E-state index contributed by atoms with van der Waals surface area (Å²) in [6, 6.07) is 7.60. The molecule has 1 aromatic heterocycles. The minimum absolute atomic E-state index is 0.0464. The van der Waals surface area contributed by atoms with E-state index in [1.165, 1.54) is 11.3 Å². The number of carbonyl (C=O) groups excluding carboxylic acids is 2.